The van der Waals surface area contributed by atoms with E-state index in [1.807, 2.05) is 18.5 Å². The number of rotatable bonds is 4. The van der Waals surface area contributed by atoms with Crippen molar-refractivity contribution in [3.05, 3.63) is 23.0 Å². The van der Waals surface area contributed by atoms with E-state index in [0.29, 0.717) is 5.92 Å². The number of amides is 1. The maximum absolute atomic E-state index is 12.3. The second-order valence-corrected chi connectivity index (χ2v) is 5.86. The Morgan fingerprint density at radius 1 is 1.38 bits per heavy atom. The van der Waals surface area contributed by atoms with Crippen LogP contribution in [0.2, 0.25) is 0 Å². The third-order valence-electron chi connectivity index (χ3n) is 3.72. The van der Waals surface area contributed by atoms with Crippen molar-refractivity contribution in [1.29, 1.82) is 0 Å². The van der Waals surface area contributed by atoms with Gasteiger partial charge >= 0.3 is 0 Å². The first-order chi connectivity index (χ1) is 9.97. The van der Waals surface area contributed by atoms with Gasteiger partial charge in [-0.1, -0.05) is 0 Å². The van der Waals surface area contributed by atoms with Gasteiger partial charge in [0.1, 0.15) is 5.82 Å². The number of hydrogen-bond donors (Lipinski definition) is 2. The van der Waals surface area contributed by atoms with Gasteiger partial charge in [-0.2, -0.15) is 5.10 Å². The molecule has 0 aliphatic heterocycles. The molecule has 0 aromatic carbocycles. The number of anilines is 1. The summed E-state index contributed by atoms with van der Waals surface area (Å²) in [6, 6.07) is 0.249. The number of carbonyl (C=O) groups is 1. The molecule has 0 saturated heterocycles. The molecule has 0 radical (unpaired) electrons. The first-order valence-electron chi connectivity index (χ1n) is 7.26. The Morgan fingerprint density at radius 3 is 2.67 bits per heavy atom. The van der Waals surface area contributed by atoms with Crippen molar-refractivity contribution in [2.24, 2.45) is 0 Å². The van der Waals surface area contributed by atoms with E-state index < -0.39 is 0 Å². The number of H-pyrrole nitrogens is 1. The number of hydrogen-bond acceptors (Lipinski definition) is 4. The zero-order chi connectivity index (χ0) is 15.1. The Hall–Kier alpha value is -2.18. The minimum Gasteiger partial charge on any atom is -0.316 e. The molecule has 0 spiro atoms. The molecule has 21 heavy (non-hydrogen) atoms. The SMILES string of the molecule is Cc1nn(C(C)C)c(C)c1NC(=O)c1n[nH]c(C2CC2)n1. The van der Waals surface area contributed by atoms with E-state index in [1.54, 1.807) is 0 Å². The fourth-order valence-electron chi connectivity index (χ4n) is 2.43. The number of aryl methyl sites for hydroxylation is 1. The number of aromatic nitrogens is 5. The van der Waals surface area contributed by atoms with Gasteiger partial charge in [0.15, 0.2) is 0 Å². The lowest BCUT2D eigenvalue weighted by molar-refractivity contribution is 0.101. The first kappa shape index (κ1) is 13.8. The third-order valence-corrected chi connectivity index (χ3v) is 3.72. The van der Waals surface area contributed by atoms with Crippen molar-refractivity contribution in [3.8, 4) is 0 Å². The number of nitrogens with zero attached hydrogens (tertiary/aromatic N) is 4. The molecular formula is C14H20N6O. The van der Waals surface area contributed by atoms with Crippen LogP contribution in [0, 0.1) is 13.8 Å². The fourth-order valence-corrected chi connectivity index (χ4v) is 2.43. The molecule has 1 aliphatic rings. The standard InChI is InChI=1S/C14H20N6O/c1-7(2)20-9(4)11(8(3)19-20)15-14(21)13-16-12(17-18-13)10-5-6-10/h7,10H,5-6H2,1-4H3,(H,15,21)(H,16,17,18). The highest BCUT2D eigenvalue weighted by molar-refractivity contribution is 6.02. The Balaban J connectivity index is 1.80. The molecule has 112 valence electrons. The number of aromatic amines is 1. The van der Waals surface area contributed by atoms with Gasteiger partial charge in [0, 0.05) is 12.0 Å². The molecule has 1 saturated carbocycles. The van der Waals surface area contributed by atoms with Crippen LogP contribution in [0.15, 0.2) is 0 Å². The number of carbonyl (C=O) groups excluding carboxylic acids is 1. The third kappa shape index (κ3) is 2.55. The molecule has 0 atom stereocenters. The highest BCUT2D eigenvalue weighted by Crippen LogP contribution is 2.37. The molecule has 2 aromatic rings. The zero-order valence-corrected chi connectivity index (χ0v) is 12.8. The van der Waals surface area contributed by atoms with Gasteiger partial charge in [0.05, 0.1) is 17.1 Å². The van der Waals surface area contributed by atoms with Gasteiger partial charge in [-0.05, 0) is 40.5 Å². The predicted octanol–water partition coefficient (Wildman–Crippen LogP) is 2.33. The van der Waals surface area contributed by atoms with Crippen LogP contribution in [0.1, 0.15) is 66.5 Å². The van der Waals surface area contributed by atoms with Crippen LogP contribution in [-0.2, 0) is 0 Å². The van der Waals surface area contributed by atoms with Gasteiger partial charge in [0.25, 0.3) is 5.91 Å². The van der Waals surface area contributed by atoms with Crippen LogP contribution in [0.4, 0.5) is 5.69 Å². The van der Waals surface area contributed by atoms with E-state index in [0.717, 1.165) is 35.7 Å². The topological polar surface area (TPSA) is 88.5 Å². The van der Waals surface area contributed by atoms with Gasteiger partial charge in [-0.15, -0.1) is 5.10 Å². The minimum atomic E-state index is -0.298. The smallest absolute Gasteiger partial charge is 0.295 e. The van der Waals surface area contributed by atoms with Crippen molar-refractivity contribution in [2.75, 3.05) is 5.32 Å². The molecule has 0 bridgehead atoms. The van der Waals surface area contributed by atoms with Crippen LogP contribution < -0.4 is 5.32 Å². The molecule has 0 unspecified atom stereocenters. The molecule has 7 nitrogen and oxygen atoms in total. The summed E-state index contributed by atoms with van der Waals surface area (Å²) in [6.07, 6.45) is 2.24. The maximum Gasteiger partial charge on any atom is 0.295 e. The van der Waals surface area contributed by atoms with E-state index in [1.165, 1.54) is 0 Å². The summed E-state index contributed by atoms with van der Waals surface area (Å²) >= 11 is 0. The normalized spacial score (nSPS) is 14.7. The van der Waals surface area contributed by atoms with Gasteiger partial charge in [0.2, 0.25) is 5.82 Å². The summed E-state index contributed by atoms with van der Waals surface area (Å²) in [6.45, 7) is 7.95. The molecule has 1 fully saturated rings. The van der Waals surface area contributed by atoms with Crippen LogP contribution in [0.25, 0.3) is 0 Å². The van der Waals surface area contributed by atoms with Crippen molar-refractivity contribution < 1.29 is 4.79 Å². The van der Waals surface area contributed by atoms with E-state index in [9.17, 15) is 4.79 Å². The molecular weight excluding hydrogens is 268 g/mol. The van der Waals surface area contributed by atoms with Crippen molar-refractivity contribution in [3.63, 3.8) is 0 Å². The molecule has 1 aliphatic carbocycles. The number of nitrogens with one attached hydrogen (secondary N) is 2. The van der Waals surface area contributed by atoms with Crippen molar-refractivity contribution in [1.82, 2.24) is 25.0 Å². The van der Waals surface area contributed by atoms with Crippen molar-refractivity contribution >= 4 is 11.6 Å². The Kier molecular flexibility index (Phi) is 3.27. The van der Waals surface area contributed by atoms with E-state index in [2.05, 4.69) is 39.4 Å². The average Bonchev–Trinajstić information content (AvgIpc) is 3.10. The quantitative estimate of drug-likeness (QED) is 0.903. The van der Waals surface area contributed by atoms with Crippen molar-refractivity contribution in [2.45, 2.75) is 52.5 Å². The van der Waals surface area contributed by atoms with Crippen LogP contribution in [0.5, 0.6) is 0 Å². The molecule has 1 amide bonds. The second-order valence-electron chi connectivity index (χ2n) is 5.86. The van der Waals surface area contributed by atoms with Gasteiger partial charge in [-0.3, -0.25) is 14.6 Å². The van der Waals surface area contributed by atoms with Crippen LogP contribution in [0.3, 0.4) is 0 Å². The van der Waals surface area contributed by atoms with Crippen LogP contribution in [-0.4, -0.2) is 30.9 Å². The summed E-state index contributed by atoms with van der Waals surface area (Å²) in [5.74, 6) is 1.15. The monoisotopic (exact) mass is 288 g/mol. The summed E-state index contributed by atoms with van der Waals surface area (Å²) in [4.78, 5) is 16.5. The molecule has 7 heteroatoms. The highest BCUT2D eigenvalue weighted by atomic mass is 16.2. The minimum absolute atomic E-state index is 0.188. The summed E-state index contributed by atoms with van der Waals surface area (Å²) < 4.78 is 1.90. The van der Waals surface area contributed by atoms with Gasteiger partial charge < -0.3 is 5.32 Å². The van der Waals surface area contributed by atoms with E-state index >= 15 is 0 Å². The average molecular weight is 288 g/mol. The lowest BCUT2D eigenvalue weighted by atomic mass is 10.3. The highest BCUT2D eigenvalue weighted by Gasteiger charge is 2.28. The molecule has 2 heterocycles. The lowest BCUT2D eigenvalue weighted by Crippen LogP contribution is -2.15. The first-order valence-corrected chi connectivity index (χ1v) is 7.26. The Morgan fingerprint density at radius 2 is 2.10 bits per heavy atom. The summed E-state index contributed by atoms with van der Waals surface area (Å²) in [5, 5.41) is 14.2. The largest absolute Gasteiger partial charge is 0.316 e. The molecule has 3 rings (SSSR count). The second kappa shape index (κ2) is 4.98. The Labute approximate surface area is 123 Å². The van der Waals surface area contributed by atoms with E-state index in [-0.39, 0.29) is 17.8 Å². The Bertz CT molecular complexity index is 680. The molecule has 2 N–H and O–H groups in total. The summed E-state index contributed by atoms with van der Waals surface area (Å²) in [7, 11) is 0. The zero-order valence-electron chi connectivity index (χ0n) is 12.8. The van der Waals surface area contributed by atoms with E-state index in [4.69, 9.17) is 0 Å². The fraction of sp³-hybridized carbons (Fsp3) is 0.571. The predicted molar refractivity (Wildman–Crippen MR) is 78.4 cm³/mol. The maximum atomic E-state index is 12.3. The summed E-state index contributed by atoms with van der Waals surface area (Å²) in [5.41, 5.74) is 2.48. The lowest BCUT2D eigenvalue weighted by Gasteiger charge is -2.08. The van der Waals surface area contributed by atoms with Crippen LogP contribution >= 0.6 is 0 Å². The molecule has 2 aromatic heterocycles. The van der Waals surface area contributed by atoms with Gasteiger partial charge in [-0.25, -0.2) is 4.98 Å².